The van der Waals surface area contributed by atoms with Gasteiger partial charge in [0.25, 0.3) is 0 Å². The van der Waals surface area contributed by atoms with Gasteiger partial charge < -0.3 is 0 Å². The molecule has 0 aliphatic carbocycles. The topological polar surface area (TPSA) is 18.5 Å². The van der Waals surface area contributed by atoms with Crippen LogP contribution in [0.15, 0.2) is 24.3 Å². The summed E-state index contributed by atoms with van der Waals surface area (Å²) >= 11 is -2.44. The SMILES string of the molecule is Fc1cc([O][Zn][O]c2cc(F)c(F)c(F)c2)cc(F)c1F. The molecule has 0 saturated carbocycles. The van der Waals surface area contributed by atoms with Crippen molar-refractivity contribution in [2.45, 2.75) is 0 Å². The van der Waals surface area contributed by atoms with Crippen LogP contribution >= 0.6 is 0 Å². The molecule has 0 aliphatic rings. The third kappa shape index (κ3) is 3.66. The van der Waals surface area contributed by atoms with Crippen LogP contribution in [-0.4, -0.2) is 0 Å². The first-order valence-corrected chi connectivity index (χ1v) is 7.85. The number of halogens is 6. The molecule has 0 amide bonds. The second-order valence-electron chi connectivity index (χ2n) is 3.81. The molecule has 0 radical (unpaired) electrons. The van der Waals surface area contributed by atoms with E-state index in [1.165, 1.54) is 0 Å². The third-order valence-corrected chi connectivity index (χ3v) is 4.26. The van der Waals surface area contributed by atoms with Gasteiger partial charge in [0.1, 0.15) is 0 Å². The Labute approximate surface area is 122 Å². The predicted molar refractivity (Wildman–Crippen MR) is 53.9 cm³/mol. The van der Waals surface area contributed by atoms with Crippen molar-refractivity contribution in [3.63, 3.8) is 0 Å². The third-order valence-electron chi connectivity index (χ3n) is 2.37. The fourth-order valence-electron chi connectivity index (χ4n) is 1.40. The van der Waals surface area contributed by atoms with E-state index in [1.807, 2.05) is 0 Å². The molecule has 0 atom stereocenters. The Balaban J connectivity index is 2.02. The summed E-state index contributed by atoms with van der Waals surface area (Å²) in [5, 5.41) is 0. The van der Waals surface area contributed by atoms with E-state index in [-0.39, 0.29) is 11.5 Å². The van der Waals surface area contributed by atoms with Crippen LogP contribution in [0.25, 0.3) is 0 Å². The van der Waals surface area contributed by atoms with Crippen molar-refractivity contribution in [3.8, 4) is 11.5 Å². The molecule has 0 heterocycles. The standard InChI is InChI=1S/2C6H3F3O.Zn/c2*7-4-1-3(10)2-5(8)6(4)9;/h2*1-2,10H;/q;;+2/p-2. The molecule has 0 spiro atoms. The van der Waals surface area contributed by atoms with Gasteiger partial charge in [-0.25, -0.2) is 0 Å². The van der Waals surface area contributed by atoms with Crippen LogP contribution in [-0.2, 0) is 17.8 Å². The van der Waals surface area contributed by atoms with Crippen LogP contribution in [0.4, 0.5) is 26.3 Å². The van der Waals surface area contributed by atoms with Crippen LogP contribution < -0.4 is 7.13 Å². The molecule has 9 heteroatoms. The molecule has 2 aromatic carbocycles. The zero-order valence-corrected chi connectivity index (χ0v) is 13.1. The van der Waals surface area contributed by atoms with Gasteiger partial charge in [0.15, 0.2) is 0 Å². The van der Waals surface area contributed by atoms with E-state index >= 15 is 0 Å². The van der Waals surface area contributed by atoms with E-state index in [4.69, 9.17) is 7.13 Å². The number of hydrogen-bond acceptors (Lipinski definition) is 2. The molecule has 0 N–H and O–H groups in total. The van der Waals surface area contributed by atoms with Crippen LogP contribution in [0.5, 0.6) is 11.5 Å². The number of hydrogen-bond donors (Lipinski definition) is 0. The normalized spacial score (nSPS) is 10.2. The van der Waals surface area contributed by atoms with Crippen molar-refractivity contribution in [3.05, 3.63) is 59.2 Å². The van der Waals surface area contributed by atoms with E-state index in [1.54, 1.807) is 0 Å². The van der Waals surface area contributed by atoms with Crippen LogP contribution in [0.1, 0.15) is 0 Å². The molecule has 2 aromatic rings. The average molecular weight is 360 g/mol. The summed E-state index contributed by atoms with van der Waals surface area (Å²) in [6.07, 6.45) is 0. The molecule has 2 rings (SSSR count). The maximum atomic E-state index is 12.9. The zero-order chi connectivity index (χ0) is 15.6. The zero-order valence-electron chi connectivity index (χ0n) is 10.1. The summed E-state index contributed by atoms with van der Waals surface area (Å²) in [5.74, 6) is -9.66. The predicted octanol–water partition coefficient (Wildman–Crippen LogP) is 3.89. The fraction of sp³-hybridized carbons (Fsp3) is 0. The van der Waals surface area contributed by atoms with Crippen molar-refractivity contribution >= 4 is 0 Å². The minimum absolute atomic E-state index is 0.311. The Hall–Kier alpha value is -1.76. The van der Waals surface area contributed by atoms with Gasteiger partial charge in [0.05, 0.1) is 0 Å². The van der Waals surface area contributed by atoms with Crippen LogP contribution in [0.3, 0.4) is 0 Å². The van der Waals surface area contributed by atoms with Gasteiger partial charge in [-0.3, -0.25) is 0 Å². The summed E-state index contributed by atoms with van der Waals surface area (Å²) < 4.78 is 86.7. The molecular formula is C12H4F6O2Zn. The van der Waals surface area contributed by atoms with Gasteiger partial charge in [-0.15, -0.1) is 0 Å². The van der Waals surface area contributed by atoms with Gasteiger partial charge in [0, 0.05) is 0 Å². The minimum atomic E-state index is -2.44. The molecule has 2 nitrogen and oxygen atoms in total. The summed E-state index contributed by atoms with van der Waals surface area (Å²) in [4.78, 5) is 0. The van der Waals surface area contributed by atoms with E-state index in [2.05, 4.69) is 0 Å². The molecule has 0 saturated heterocycles. The number of rotatable bonds is 4. The summed E-state index contributed by atoms with van der Waals surface area (Å²) in [6.45, 7) is 0. The quantitative estimate of drug-likeness (QED) is 0.468. The van der Waals surface area contributed by atoms with Gasteiger partial charge in [-0.05, 0) is 0 Å². The molecule has 0 bridgehead atoms. The van der Waals surface area contributed by atoms with E-state index in [0.29, 0.717) is 24.3 Å². The van der Waals surface area contributed by atoms with Gasteiger partial charge in [-0.2, -0.15) is 0 Å². The van der Waals surface area contributed by atoms with Gasteiger partial charge in [-0.1, -0.05) is 0 Å². The van der Waals surface area contributed by atoms with Crippen molar-refractivity contribution in [2.24, 2.45) is 0 Å². The molecule has 108 valence electrons. The first kappa shape index (κ1) is 15.6. The van der Waals surface area contributed by atoms with E-state index in [0.717, 1.165) is 0 Å². The Bertz CT molecular complexity index is 575. The number of benzene rings is 2. The molecule has 0 unspecified atom stereocenters. The molecule has 0 aliphatic heterocycles. The molecule has 0 aromatic heterocycles. The van der Waals surface area contributed by atoms with E-state index in [9.17, 15) is 26.3 Å². The monoisotopic (exact) mass is 358 g/mol. The molecule has 21 heavy (non-hydrogen) atoms. The van der Waals surface area contributed by atoms with Gasteiger partial charge >= 0.3 is 122 Å². The van der Waals surface area contributed by atoms with Crippen molar-refractivity contribution in [1.82, 2.24) is 0 Å². The van der Waals surface area contributed by atoms with E-state index < -0.39 is 52.8 Å². The van der Waals surface area contributed by atoms with Crippen molar-refractivity contribution in [2.75, 3.05) is 0 Å². The first-order chi connectivity index (χ1) is 9.88. The fourth-order valence-corrected chi connectivity index (χ4v) is 2.79. The van der Waals surface area contributed by atoms with Crippen LogP contribution in [0.2, 0.25) is 0 Å². The Morgan fingerprint density at radius 3 is 1.14 bits per heavy atom. The summed E-state index contributed by atoms with van der Waals surface area (Å²) in [5.41, 5.74) is 0. The summed E-state index contributed by atoms with van der Waals surface area (Å²) in [7, 11) is 0. The first-order valence-electron chi connectivity index (χ1n) is 5.43. The molecule has 0 fully saturated rings. The second kappa shape index (κ2) is 6.34. The van der Waals surface area contributed by atoms with Crippen molar-refractivity contribution < 1.29 is 51.3 Å². The Kier molecular flexibility index (Phi) is 4.72. The molecular weight excluding hydrogens is 356 g/mol. The summed E-state index contributed by atoms with van der Waals surface area (Å²) in [6, 6.07) is 2.44. The Morgan fingerprint density at radius 1 is 0.571 bits per heavy atom. The van der Waals surface area contributed by atoms with Crippen LogP contribution in [0, 0.1) is 34.9 Å². The average Bonchev–Trinajstić information content (AvgIpc) is 2.42. The Morgan fingerprint density at radius 2 is 0.857 bits per heavy atom. The maximum absolute atomic E-state index is 12.9. The van der Waals surface area contributed by atoms with Gasteiger partial charge in [0.2, 0.25) is 0 Å². The van der Waals surface area contributed by atoms with Crippen molar-refractivity contribution in [1.29, 1.82) is 0 Å². The second-order valence-corrected chi connectivity index (χ2v) is 5.51.